The van der Waals surface area contributed by atoms with Crippen molar-refractivity contribution in [2.24, 2.45) is 12.5 Å². The molecule has 1 heterocycles. The first-order valence-electron chi connectivity index (χ1n) is 7.13. The molecule has 1 amide bonds. The summed E-state index contributed by atoms with van der Waals surface area (Å²) >= 11 is 0. The van der Waals surface area contributed by atoms with Gasteiger partial charge in [0.25, 0.3) is 0 Å². The van der Waals surface area contributed by atoms with E-state index in [9.17, 15) is 19.5 Å². The molecule has 0 aromatic carbocycles. The lowest BCUT2D eigenvalue weighted by Crippen LogP contribution is -2.37. The molecule has 1 aliphatic rings. The molecule has 2 N–H and O–H groups in total. The summed E-state index contributed by atoms with van der Waals surface area (Å²) in [7, 11) is 1.60. The van der Waals surface area contributed by atoms with Crippen LogP contribution >= 0.6 is 0 Å². The van der Waals surface area contributed by atoms with Crippen LogP contribution in [0.3, 0.4) is 0 Å². The lowest BCUT2D eigenvalue weighted by atomic mass is 9.71. The van der Waals surface area contributed by atoms with Crippen molar-refractivity contribution in [1.82, 2.24) is 4.57 Å². The third kappa shape index (κ3) is 3.51. The van der Waals surface area contributed by atoms with Crippen molar-refractivity contribution < 1.29 is 14.7 Å². The van der Waals surface area contributed by atoms with E-state index in [0.29, 0.717) is 18.5 Å². The number of carboxylic acids is 1. The van der Waals surface area contributed by atoms with Crippen molar-refractivity contribution in [3.63, 3.8) is 0 Å². The minimum Gasteiger partial charge on any atom is -0.481 e. The molecule has 0 atom stereocenters. The predicted molar refractivity (Wildman–Crippen MR) is 78.1 cm³/mol. The van der Waals surface area contributed by atoms with Gasteiger partial charge in [0, 0.05) is 25.7 Å². The highest BCUT2D eigenvalue weighted by Crippen LogP contribution is 2.39. The zero-order valence-corrected chi connectivity index (χ0v) is 12.1. The van der Waals surface area contributed by atoms with Crippen LogP contribution in [-0.4, -0.2) is 21.6 Å². The fourth-order valence-corrected chi connectivity index (χ4v) is 2.88. The number of carboxylic acid groups (broad SMARTS) is 1. The molecule has 0 unspecified atom stereocenters. The molecule has 2 rings (SSSR count). The molecule has 0 saturated heterocycles. The summed E-state index contributed by atoms with van der Waals surface area (Å²) in [5.41, 5.74) is -0.607. The Bertz CT molecular complexity index is 600. The number of nitrogens with one attached hydrogen (secondary N) is 1. The van der Waals surface area contributed by atoms with Gasteiger partial charge in [0.15, 0.2) is 0 Å². The standard InChI is InChI=1S/C15H20N2O4/c1-17-10-11(5-6-13(17)19)16-12(18)9-15(14(20)21)7-3-2-4-8-15/h5-6,10H,2-4,7-9H2,1H3,(H,16,18)(H,20,21). The second kappa shape index (κ2) is 6.11. The van der Waals surface area contributed by atoms with E-state index in [4.69, 9.17) is 0 Å². The lowest BCUT2D eigenvalue weighted by Gasteiger charge is -2.32. The first-order valence-corrected chi connectivity index (χ1v) is 7.13. The van der Waals surface area contributed by atoms with Crippen molar-refractivity contribution in [2.45, 2.75) is 38.5 Å². The van der Waals surface area contributed by atoms with Gasteiger partial charge < -0.3 is 15.0 Å². The average Bonchev–Trinajstić information content (AvgIpc) is 2.43. The van der Waals surface area contributed by atoms with E-state index < -0.39 is 11.4 Å². The number of nitrogens with zero attached hydrogens (tertiary/aromatic N) is 1. The van der Waals surface area contributed by atoms with Gasteiger partial charge in [-0.05, 0) is 18.9 Å². The minimum absolute atomic E-state index is 0.0226. The van der Waals surface area contributed by atoms with Crippen LogP contribution in [0.2, 0.25) is 0 Å². The van der Waals surface area contributed by atoms with Crippen molar-refractivity contribution in [2.75, 3.05) is 5.32 Å². The third-order valence-corrected chi connectivity index (χ3v) is 4.13. The minimum atomic E-state index is -0.941. The average molecular weight is 292 g/mol. The number of carbonyl (C=O) groups is 2. The van der Waals surface area contributed by atoms with Gasteiger partial charge in [-0.15, -0.1) is 0 Å². The summed E-state index contributed by atoms with van der Waals surface area (Å²) in [6, 6.07) is 2.89. The van der Waals surface area contributed by atoms with E-state index in [-0.39, 0.29) is 17.9 Å². The zero-order valence-electron chi connectivity index (χ0n) is 12.1. The number of aromatic nitrogens is 1. The Morgan fingerprint density at radius 1 is 1.29 bits per heavy atom. The molecule has 1 aromatic heterocycles. The first-order chi connectivity index (χ1) is 9.93. The molecule has 21 heavy (non-hydrogen) atoms. The first kappa shape index (κ1) is 15.3. The van der Waals surface area contributed by atoms with E-state index in [1.807, 2.05) is 0 Å². The number of aryl methyl sites for hydroxylation is 1. The van der Waals surface area contributed by atoms with E-state index >= 15 is 0 Å². The van der Waals surface area contributed by atoms with Crippen LogP contribution < -0.4 is 10.9 Å². The molecule has 0 aliphatic heterocycles. The number of pyridine rings is 1. The Morgan fingerprint density at radius 2 is 1.95 bits per heavy atom. The van der Waals surface area contributed by atoms with Crippen LogP contribution in [0, 0.1) is 5.41 Å². The maximum absolute atomic E-state index is 12.1. The Morgan fingerprint density at radius 3 is 2.52 bits per heavy atom. The second-order valence-corrected chi connectivity index (χ2v) is 5.74. The van der Waals surface area contributed by atoms with E-state index in [1.165, 1.54) is 22.9 Å². The summed E-state index contributed by atoms with van der Waals surface area (Å²) in [6.45, 7) is 0. The van der Waals surface area contributed by atoms with Crippen molar-refractivity contribution in [3.8, 4) is 0 Å². The zero-order chi connectivity index (χ0) is 15.5. The Balaban J connectivity index is 2.07. The monoisotopic (exact) mass is 292 g/mol. The Labute approximate surface area is 122 Å². The van der Waals surface area contributed by atoms with Crippen LogP contribution in [0.25, 0.3) is 0 Å². The molecule has 0 radical (unpaired) electrons. The number of carbonyl (C=O) groups excluding carboxylic acids is 1. The van der Waals surface area contributed by atoms with Crippen LogP contribution in [0.15, 0.2) is 23.1 Å². The fourth-order valence-electron chi connectivity index (χ4n) is 2.88. The van der Waals surface area contributed by atoms with Crippen molar-refractivity contribution in [3.05, 3.63) is 28.7 Å². The molecule has 1 saturated carbocycles. The molecule has 114 valence electrons. The topological polar surface area (TPSA) is 88.4 Å². The maximum atomic E-state index is 12.1. The molecule has 6 nitrogen and oxygen atoms in total. The predicted octanol–water partition coefficient (Wildman–Crippen LogP) is 1.75. The van der Waals surface area contributed by atoms with Gasteiger partial charge in [0.1, 0.15) is 0 Å². The van der Waals surface area contributed by atoms with Gasteiger partial charge in [-0.2, -0.15) is 0 Å². The van der Waals surface area contributed by atoms with Crippen molar-refractivity contribution in [1.29, 1.82) is 0 Å². The van der Waals surface area contributed by atoms with E-state index in [2.05, 4.69) is 5.32 Å². The summed E-state index contributed by atoms with van der Waals surface area (Å²) in [5, 5.41) is 12.1. The van der Waals surface area contributed by atoms with Crippen LogP contribution in [-0.2, 0) is 16.6 Å². The normalized spacial score (nSPS) is 17.2. The largest absolute Gasteiger partial charge is 0.481 e. The van der Waals surface area contributed by atoms with Gasteiger partial charge in [-0.25, -0.2) is 0 Å². The molecule has 1 aliphatic carbocycles. The maximum Gasteiger partial charge on any atom is 0.310 e. The van der Waals surface area contributed by atoms with E-state index in [0.717, 1.165) is 19.3 Å². The van der Waals surface area contributed by atoms with E-state index in [1.54, 1.807) is 7.05 Å². The Kier molecular flexibility index (Phi) is 4.45. The summed E-state index contributed by atoms with van der Waals surface area (Å²) in [4.78, 5) is 34.9. The molecular weight excluding hydrogens is 272 g/mol. The highest BCUT2D eigenvalue weighted by atomic mass is 16.4. The van der Waals surface area contributed by atoms with Gasteiger partial charge in [0.2, 0.25) is 11.5 Å². The molecule has 0 bridgehead atoms. The quantitative estimate of drug-likeness (QED) is 0.885. The van der Waals surface area contributed by atoms with Gasteiger partial charge in [0.05, 0.1) is 11.1 Å². The van der Waals surface area contributed by atoms with Gasteiger partial charge in [-0.3, -0.25) is 14.4 Å². The highest BCUT2D eigenvalue weighted by Gasteiger charge is 2.41. The Hall–Kier alpha value is -2.11. The lowest BCUT2D eigenvalue weighted by molar-refractivity contribution is -0.153. The number of amides is 1. The summed E-state index contributed by atoms with van der Waals surface area (Å²) < 4.78 is 1.36. The number of anilines is 1. The van der Waals surface area contributed by atoms with Crippen LogP contribution in [0.5, 0.6) is 0 Å². The van der Waals surface area contributed by atoms with Crippen LogP contribution in [0.1, 0.15) is 38.5 Å². The third-order valence-electron chi connectivity index (χ3n) is 4.13. The molecular formula is C15H20N2O4. The molecule has 6 heteroatoms. The molecule has 1 aromatic rings. The number of rotatable bonds is 4. The second-order valence-electron chi connectivity index (χ2n) is 5.74. The summed E-state index contributed by atoms with van der Waals surface area (Å²) in [6.07, 6.45) is 5.31. The highest BCUT2D eigenvalue weighted by molar-refractivity contribution is 5.94. The van der Waals surface area contributed by atoms with Gasteiger partial charge in [-0.1, -0.05) is 19.3 Å². The smallest absolute Gasteiger partial charge is 0.310 e. The number of hydrogen-bond acceptors (Lipinski definition) is 3. The summed E-state index contributed by atoms with van der Waals surface area (Å²) in [5.74, 6) is -1.21. The molecule has 0 spiro atoms. The molecule has 1 fully saturated rings. The fraction of sp³-hybridized carbons (Fsp3) is 0.533. The van der Waals surface area contributed by atoms with Gasteiger partial charge >= 0.3 is 5.97 Å². The number of hydrogen-bond donors (Lipinski definition) is 2. The number of aliphatic carboxylic acids is 1. The van der Waals surface area contributed by atoms with Crippen molar-refractivity contribution >= 4 is 17.6 Å². The van der Waals surface area contributed by atoms with Crippen LogP contribution in [0.4, 0.5) is 5.69 Å². The SMILES string of the molecule is Cn1cc(NC(=O)CC2(C(=O)O)CCCCC2)ccc1=O.